The average molecular weight is 598 g/mol. The second kappa shape index (κ2) is 15.0. The highest BCUT2D eigenvalue weighted by atomic mass is 35.5. The quantitative estimate of drug-likeness (QED) is 0.259. The van der Waals surface area contributed by atoms with Gasteiger partial charge in [0.05, 0.1) is 11.9 Å². The molecule has 3 aromatic rings. The fraction of sp³-hybridized carbons (Fsp3) is 0.375. The minimum absolute atomic E-state index is 0.0733. The van der Waals surface area contributed by atoms with Gasteiger partial charge in [-0.15, -0.1) is 0 Å². The molecule has 0 aliphatic heterocycles. The van der Waals surface area contributed by atoms with E-state index >= 15 is 0 Å². The first-order valence-electron chi connectivity index (χ1n) is 13.9. The van der Waals surface area contributed by atoms with Crippen LogP contribution in [-0.4, -0.2) is 50.5 Å². The number of nitrogens with one attached hydrogen (secondary N) is 1. The maximum absolute atomic E-state index is 13.9. The number of aryl methyl sites for hydroxylation is 2. The van der Waals surface area contributed by atoms with Gasteiger partial charge in [-0.1, -0.05) is 84.8 Å². The van der Waals surface area contributed by atoms with E-state index in [-0.39, 0.29) is 37.7 Å². The van der Waals surface area contributed by atoms with Crippen molar-refractivity contribution in [3.05, 3.63) is 100 Å². The van der Waals surface area contributed by atoms with Gasteiger partial charge in [-0.3, -0.25) is 13.9 Å². The third-order valence-corrected chi connectivity index (χ3v) is 8.30. The summed E-state index contributed by atoms with van der Waals surface area (Å²) in [6, 6.07) is 21.9. The van der Waals surface area contributed by atoms with Crippen molar-refractivity contribution >= 4 is 39.1 Å². The lowest BCUT2D eigenvalue weighted by atomic mass is 10.0. The molecule has 1 N–H and O–H groups in total. The molecular formula is C32H40ClN3O4S. The minimum Gasteiger partial charge on any atom is -0.354 e. The molecule has 3 rings (SSSR count). The molecule has 0 aromatic heterocycles. The first-order chi connectivity index (χ1) is 19.5. The van der Waals surface area contributed by atoms with Gasteiger partial charge in [-0.05, 0) is 55.5 Å². The van der Waals surface area contributed by atoms with Gasteiger partial charge in [0, 0.05) is 37.5 Å². The van der Waals surface area contributed by atoms with Gasteiger partial charge in [0.2, 0.25) is 21.8 Å². The third-order valence-electron chi connectivity index (χ3n) is 6.89. The minimum atomic E-state index is -3.62. The van der Waals surface area contributed by atoms with Gasteiger partial charge in [0.1, 0.15) is 6.04 Å². The molecule has 0 heterocycles. The van der Waals surface area contributed by atoms with Crippen LogP contribution in [0, 0.1) is 13.8 Å². The molecule has 9 heteroatoms. The second-order valence-corrected chi connectivity index (χ2v) is 12.7. The summed E-state index contributed by atoms with van der Waals surface area (Å²) in [7, 11) is -3.62. The molecule has 220 valence electrons. The first-order valence-corrected chi connectivity index (χ1v) is 16.1. The maximum Gasteiger partial charge on any atom is 0.243 e. The first kappa shape index (κ1) is 32.2. The number of carbonyl (C=O) groups excluding carboxylic acids is 2. The summed E-state index contributed by atoms with van der Waals surface area (Å²) in [5.74, 6) is -0.419. The van der Waals surface area contributed by atoms with E-state index in [1.54, 1.807) is 23.1 Å². The van der Waals surface area contributed by atoms with Crippen molar-refractivity contribution in [3.63, 3.8) is 0 Å². The molecule has 0 aliphatic rings. The van der Waals surface area contributed by atoms with E-state index < -0.39 is 16.1 Å². The predicted octanol–water partition coefficient (Wildman–Crippen LogP) is 5.67. The monoisotopic (exact) mass is 597 g/mol. The molecule has 0 saturated carbocycles. The Hall–Kier alpha value is -3.36. The Bertz CT molecular complexity index is 1410. The highest BCUT2D eigenvalue weighted by Gasteiger charge is 2.30. The van der Waals surface area contributed by atoms with E-state index in [1.807, 2.05) is 75.4 Å². The molecule has 1 atom stereocenters. The molecule has 0 fully saturated rings. The van der Waals surface area contributed by atoms with Crippen molar-refractivity contribution in [2.45, 2.75) is 59.0 Å². The van der Waals surface area contributed by atoms with Crippen LogP contribution in [0.3, 0.4) is 0 Å². The van der Waals surface area contributed by atoms with E-state index in [0.717, 1.165) is 34.9 Å². The lowest BCUT2D eigenvalue weighted by Gasteiger charge is -2.32. The average Bonchev–Trinajstić information content (AvgIpc) is 2.94. The number of benzene rings is 3. The zero-order chi connectivity index (χ0) is 30.0. The van der Waals surface area contributed by atoms with Gasteiger partial charge in [0.25, 0.3) is 0 Å². The number of hydrogen-bond acceptors (Lipinski definition) is 4. The summed E-state index contributed by atoms with van der Waals surface area (Å²) < 4.78 is 26.7. The van der Waals surface area contributed by atoms with Crippen LogP contribution < -0.4 is 9.62 Å². The van der Waals surface area contributed by atoms with E-state index in [0.29, 0.717) is 23.7 Å². The zero-order valence-electron chi connectivity index (χ0n) is 24.3. The third kappa shape index (κ3) is 9.61. The molecule has 0 bridgehead atoms. The van der Waals surface area contributed by atoms with Gasteiger partial charge in [-0.25, -0.2) is 8.42 Å². The van der Waals surface area contributed by atoms with E-state index in [2.05, 4.69) is 5.32 Å². The van der Waals surface area contributed by atoms with Crippen LogP contribution in [0.1, 0.15) is 48.4 Å². The lowest BCUT2D eigenvalue weighted by molar-refractivity contribution is -0.141. The van der Waals surface area contributed by atoms with Crippen molar-refractivity contribution in [1.82, 2.24) is 10.2 Å². The predicted molar refractivity (Wildman–Crippen MR) is 167 cm³/mol. The maximum atomic E-state index is 13.9. The van der Waals surface area contributed by atoms with Gasteiger partial charge in [-0.2, -0.15) is 0 Å². The Kier molecular flexibility index (Phi) is 11.8. The van der Waals surface area contributed by atoms with Crippen LogP contribution in [0.2, 0.25) is 5.02 Å². The van der Waals surface area contributed by atoms with E-state index in [1.165, 1.54) is 4.31 Å². The number of nitrogens with zero attached hydrogens (tertiary/aromatic N) is 2. The van der Waals surface area contributed by atoms with E-state index in [9.17, 15) is 18.0 Å². The summed E-state index contributed by atoms with van der Waals surface area (Å²) in [6.07, 6.45) is 2.64. The molecule has 0 radical (unpaired) electrons. The number of hydrogen-bond donors (Lipinski definition) is 1. The van der Waals surface area contributed by atoms with Crippen molar-refractivity contribution in [2.75, 3.05) is 23.7 Å². The summed E-state index contributed by atoms with van der Waals surface area (Å²) in [5.41, 5.74) is 4.22. The van der Waals surface area contributed by atoms with Crippen molar-refractivity contribution < 1.29 is 18.0 Å². The van der Waals surface area contributed by atoms with Crippen LogP contribution in [0.25, 0.3) is 0 Å². The summed E-state index contributed by atoms with van der Waals surface area (Å²) in [5, 5.41) is 3.41. The number of anilines is 1. The lowest BCUT2D eigenvalue weighted by Crippen LogP contribution is -2.50. The normalized spacial score (nSPS) is 12.0. The molecule has 2 amide bonds. The highest BCUT2D eigenvalue weighted by molar-refractivity contribution is 7.92. The van der Waals surface area contributed by atoms with Crippen molar-refractivity contribution in [1.29, 1.82) is 0 Å². The number of carbonyl (C=O) groups is 2. The molecule has 0 spiro atoms. The Morgan fingerprint density at radius 2 is 1.63 bits per heavy atom. The highest BCUT2D eigenvalue weighted by Crippen LogP contribution is 2.27. The number of halogens is 1. The smallest absolute Gasteiger partial charge is 0.243 e. The zero-order valence-corrected chi connectivity index (χ0v) is 25.8. The Morgan fingerprint density at radius 1 is 0.951 bits per heavy atom. The van der Waals surface area contributed by atoms with Crippen LogP contribution in [0.4, 0.5) is 5.69 Å². The Morgan fingerprint density at radius 3 is 2.27 bits per heavy atom. The molecule has 0 aliphatic carbocycles. The molecule has 0 saturated heterocycles. The van der Waals surface area contributed by atoms with Crippen molar-refractivity contribution in [3.8, 4) is 0 Å². The largest absolute Gasteiger partial charge is 0.354 e. The Labute approximate surface area is 249 Å². The molecule has 41 heavy (non-hydrogen) atoms. The van der Waals surface area contributed by atoms with Crippen LogP contribution >= 0.6 is 11.6 Å². The van der Waals surface area contributed by atoms with Crippen LogP contribution in [0.15, 0.2) is 72.8 Å². The Balaban J connectivity index is 1.88. The summed E-state index contributed by atoms with van der Waals surface area (Å²) >= 11 is 6.17. The fourth-order valence-corrected chi connectivity index (χ4v) is 5.82. The standard InChI is InChI=1S/C32H40ClN3O4S/c1-5-19-34-32(38)30(21-26-10-7-6-8-11-26)35(23-27-16-13-24(2)14-17-27)31(37)12-9-20-36(41(4,39)40)29-22-28(33)18-15-25(29)3/h6-8,10-11,13-18,22,30H,5,9,12,19-21,23H2,1-4H3,(H,34,38). The summed E-state index contributed by atoms with van der Waals surface area (Å²) in [4.78, 5) is 29.0. The second-order valence-electron chi connectivity index (χ2n) is 10.4. The summed E-state index contributed by atoms with van der Waals surface area (Å²) in [6.45, 7) is 6.68. The molecule has 7 nitrogen and oxygen atoms in total. The topological polar surface area (TPSA) is 86.8 Å². The number of amides is 2. The molecule has 3 aromatic carbocycles. The molecular weight excluding hydrogens is 558 g/mol. The number of rotatable bonds is 14. The fourth-order valence-electron chi connectivity index (χ4n) is 4.64. The van der Waals surface area contributed by atoms with Crippen molar-refractivity contribution in [2.24, 2.45) is 0 Å². The van der Waals surface area contributed by atoms with Gasteiger partial charge >= 0.3 is 0 Å². The van der Waals surface area contributed by atoms with Crippen LogP contribution in [-0.2, 0) is 32.6 Å². The molecule has 1 unspecified atom stereocenters. The van der Waals surface area contributed by atoms with E-state index in [4.69, 9.17) is 11.6 Å². The SMILES string of the molecule is CCCNC(=O)C(Cc1ccccc1)N(Cc1ccc(C)cc1)C(=O)CCCN(c1cc(Cl)ccc1C)S(C)(=O)=O. The van der Waals surface area contributed by atoms with Gasteiger partial charge in [0.15, 0.2) is 0 Å². The van der Waals surface area contributed by atoms with Gasteiger partial charge < -0.3 is 10.2 Å². The number of sulfonamides is 1. The van der Waals surface area contributed by atoms with Crippen LogP contribution in [0.5, 0.6) is 0 Å².